The van der Waals surface area contributed by atoms with Gasteiger partial charge in [-0.25, -0.2) is 4.68 Å². The number of hydrogen-bond donors (Lipinski definition) is 0. The van der Waals surface area contributed by atoms with Gasteiger partial charge >= 0.3 is 0 Å². The van der Waals surface area contributed by atoms with Crippen molar-refractivity contribution in [3.8, 4) is 5.69 Å². The number of alkyl halides is 1. The molecule has 0 aliphatic carbocycles. The van der Waals surface area contributed by atoms with Crippen LogP contribution in [-0.2, 0) is 0 Å². The molecule has 19 heavy (non-hydrogen) atoms. The third kappa shape index (κ3) is 2.29. The van der Waals surface area contributed by atoms with Crippen LogP contribution < -0.4 is 0 Å². The zero-order valence-electron chi connectivity index (χ0n) is 9.83. The van der Waals surface area contributed by atoms with Gasteiger partial charge in [0.05, 0.1) is 17.3 Å². The Morgan fingerprint density at radius 3 is 2.68 bits per heavy atom. The average molecular weight is 293 g/mol. The lowest BCUT2D eigenvalue weighted by Gasteiger charge is -2.06. The van der Waals surface area contributed by atoms with Crippen LogP contribution in [0.2, 0.25) is 0 Å². The predicted molar refractivity (Wildman–Crippen MR) is 75.5 cm³/mol. The van der Waals surface area contributed by atoms with E-state index in [0.717, 1.165) is 5.56 Å². The smallest absolute Gasteiger partial charge is 0.206 e. The van der Waals surface area contributed by atoms with Gasteiger partial charge in [-0.15, -0.1) is 11.6 Å². The first-order valence-electron chi connectivity index (χ1n) is 5.72. The van der Waals surface area contributed by atoms with Crippen LogP contribution in [0.5, 0.6) is 0 Å². The lowest BCUT2D eigenvalue weighted by molar-refractivity contribution is 0.527. The van der Waals surface area contributed by atoms with Gasteiger partial charge in [0, 0.05) is 5.56 Å². The van der Waals surface area contributed by atoms with Gasteiger partial charge < -0.3 is 0 Å². The minimum absolute atomic E-state index is 0.393. The lowest BCUT2D eigenvalue weighted by atomic mass is 10.1. The van der Waals surface area contributed by atoms with Crippen molar-refractivity contribution in [1.29, 1.82) is 0 Å². The van der Waals surface area contributed by atoms with Gasteiger partial charge in [0.2, 0.25) is 5.95 Å². The number of aromatic nitrogens is 2. The van der Waals surface area contributed by atoms with Gasteiger partial charge in [-0.2, -0.15) is 20.8 Å². The van der Waals surface area contributed by atoms with E-state index in [1.165, 1.54) is 22.2 Å². The van der Waals surface area contributed by atoms with Crippen molar-refractivity contribution in [3.05, 3.63) is 70.4 Å². The maximum absolute atomic E-state index is 14.4. The standard InChI is InChI=1S/C14H10ClFN2S/c15-13(10-6-7-19-9-10)12-8-17-18(14(12)16)11-4-2-1-3-5-11/h1-9,13H. The quantitative estimate of drug-likeness (QED) is 0.654. The molecule has 5 heteroatoms. The Labute approximate surface area is 119 Å². The minimum Gasteiger partial charge on any atom is -0.206 e. The van der Waals surface area contributed by atoms with Crippen LogP contribution in [0.3, 0.4) is 0 Å². The van der Waals surface area contributed by atoms with E-state index in [2.05, 4.69) is 5.10 Å². The molecule has 1 aromatic carbocycles. The number of halogens is 2. The number of rotatable bonds is 3. The minimum atomic E-state index is -0.510. The Morgan fingerprint density at radius 1 is 1.21 bits per heavy atom. The Kier molecular flexibility index (Phi) is 3.36. The summed E-state index contributed by atoms with van der Waals surface area (Å²) in [7, 11) is 0. The molecule has 0 aliphatic heterocycles. The molecule has 1 atom stereocenters. The first-order chi connectivity index (χ1) is 9.27. The third-order valence-corrected chi connectivity index (χ3v) is 4.03. The molecule has 2 heterocycles. The maximum Gasteiger partial charge on any atom is 0.221 e. The summed E-state index contributed by atoms with van der Waals surface area (Å²) in [6, 6.07) is 11.0. The van der Waals surface area contributed by atoms with Gasteiger partial charge in [-0.3, -0.25) is 0 Å². The van der Waals surface area contributed by atoms with Crippen LogP contribution in [-0.4, -0.2) is 9.78 Å². The molecule has 2 nitrogen and oxygen atoms in total. The molecule has 0 saturated carbocycles. The van der Waals surface area contributed by atoms with Crippen molar-refractivity contribution in [2.24, 2.45) is 0 Å². The molecule has 0 amide bonds. The fourth-order valence-electron chi connectivity index (χ4n) is 1.86. The average Bonchev–Trinajstić information content (AvgIpc) is 3.08. The topological polar surface area (TPSA) is 17.8 Å². The second kappa shape index (κ2) is 5.15. The number of hydrogen-bond acceptors (Lipinski definition) is 2. The van der Waals surface area contributed by atoms with Crippen molar-refractivity contribution in [1.82, 2.24) is 9.78 Å². The molecule has 2 aromatic heterocycles. The SMILES string of the molecule is Fc1c(C(Cl)c2ccsc2)cnn1-c1ccccc1. The summed E-state index contributed by atoms with van der Waals surface area (Å²) in [6.45, 7) is 0. The zero-order chi connectivity index (χ0) is 13.2. The van der Waals surface area contributed by atoms with Gasteiger partial charge in [0.1, 0.15) is 0 Å². The Morgan fingerprint density at radius 2 is 2.00 bits per heavy atom. The van der Waals surface area contributed by atoms with Crippen molar-refractivity contribution in [2.75, 3.05) is 0 Å². The highest BCUT2D eigenvalue weighted by Gasteiger charge is 2.20. The molecule has 0 radical (unpaired) electrons. The van der Waals surface area contributed by atoms with E-state index in [9.17, 15) is 4.39 Å². The summed E-state index contributed by atoms with van der Waals surface area (Å²) in [6.07, 6.45) is 1.48. The highest BCUT2D eigenvalue weighted by Crippen LogP contribution is 2.32. The van der Waals surface area contributed by atoms with E-state index in [-0.39, 0.29) is 0 Å². The number of thiophene rings is 1. The number of para-hydroxylation sites is 1. The molecule has 3 rings (SSSR count). The molecule has 0 bridgehead atoms. The first-order valence-corrected chi connectivity index (χ1v) is 7.10. The van der Waals surface area contributed by atoms with Crippen LogP contribution >= 0.6 is 22.9 Å². The van der Waals surface area contributed by atoms with Crippen molar-refractivity contribution < 1.29 is 4.39 Å². The van der Waals surface area contributed by atoms with Gasteiger partial charge in [0.15, 0.2) is 0 Å². The van der Waals surface area contributed by atoms with E-state index < -0.39 is 11.3 Å². The van der Waals surface area contributed by atoms with Crippen LogP contribution in [0, 0.1) is 5.95 Å². The largest absolute Gasteiger partial charge is 0.221 e. The predicted octanol–water partition coefficient (Wildman–Crippen LogP) is 4.40. The van der Waals surface area contributed by atoms with E-state index in [4.69, 9.17) is 11.6 Å². The molecule has 1 unspecified atom stereocenters. The molecule has 3 aromatic rings. The molecule has 0 N–H and O–H groups in total. The van der Waals surface area contributed by atoms with Crippen LogP contribution in [0.15, 0.2) is 53.4 Å². The Hall–Kier alpha value is -1.65. The fourth-order valence-corrected chi connectivity index (χ4v) is 2.91. The lowest BCUT2D eigenvalue weighted by Crippen LogP contribution is -2.01. The Bertz CT molecular complexity index is 664. The van der Waals surface area contributed by atoms with Gasteiger partial charge in [-0.1, -0.05) is 18.2 Å². The molecular weight excluding hydrogens is 283 g/mol. The summed E-state index contributed by atoms with van der Waals surface area (Å²) in [5.41, 5.74) is 1.96. The second-order valence-corrected chi connectivity index (χ2v) is 5.27. The van der Waals surface area contributed by atoms with Gasteiger partial charge in [0.25, 0.3) is 0 Å². The molecule has 96 valence electrons. The highest BCUT2D eigenvalue weighted by molar-refractivity contribution is 7.08. The van der Waals surface area contributed by atoms with Crippen LogP contribution in [0.4, 0.5) is 4.39 Å². The highest BCUT2D eigenvalue weighted by atomic mass is 35.5. The fraction of sp³-hybridized carbons (Fsp3) is 0.0714. The molecule has 0 aliphatic rings. The molecule has 0 saturated heterocycles. The Balaban J connectivity index is 2.00. The van der Waals surface area contributed by atoms with Crippen molar-refractivity contribution in [3.63, 3.8) is 0 Å². The number of nitrogens with zero attached hydrogens (tertiary/aromatic N) is 2. The zero-order valence-corrected chi connectivity index (χ0v) is 11.4. The van der Waals surface area contributed by atoms with Crippen LogP contribution in [0.1, 0.15) is 16.5 Å². The van der Waals surface area contributed by atoms with E-state index in [1.807, 2.05) is 35.0 Å². The molecule has 0 fully saturated rings. The second-order valence-electron chi connectivity index (χ2n) is 4.06. The maximum atomic E-state index is 14.4. The first kappa shape index (κ1) is 12.4. The third-order valence-electron chi connectivity index (χ3n) is 2.85. The summed E-state index contributed by atoms with van der Waals surface area (Å²) >= 11 is 7.83. The monoisotopic (exact) mass is 292 g/mol. The van der Waals surface area contributed by atoms with E-state index in [1.54, 1.807) is 12.1 Å². The van der Waals surface area contributed by atoms with E-state index in [0.29, 0.717) is 11.3 Å². The summed E-state index contributed by atoms with van der Waals surface area (Å²) in [5, 5.41) is 7.40. The normalized spacial score (nSPS) is 12.5. The van der Waals surface area contributed by atoms with Crippen molar-refractivity contribution in [2.45, 2.75) is 5.38 Å². The summed E-state index contributed by atoms with van der Waals surface area (Å²) < 4.78 is 15.6. The number of benzene rings is 1. The summed E-state index contributed by atoms with van der Waals surface area (Å²) in [5.74, 6) is -0.419. The molecule has 0 spiro atoms. The van der Waals surface area contributed by atoms with E-state index >= 15 is 0 Å². The van der Waals surface area contributed by atoms with Crippen molar-refractivity contribution >= 4 is 22.9 Å². The van der Waals surface area contributed by atoms with Crippen LogP contribution in [0.25, 0.3) is 5.69 Å². The van der Waals surface area contributed by atoms with Gasteiger partial charge in [-0.05, 0) is 34.5 Å². The summed E-state index contributed by atoms with van der Waals surface area (Å²) in [4.78, 5) is 0. The molecular formula is C14H10ClFN2S.